The van der Waals surface area contributed by atoms with Crippen LogP contribution in [0.3, 0.4) is 0 Å². The van der Waals surface area contributed by atoms with E-state index in [1.165, 1.54) is 15.6 Å². The summed E-state index contributed by atoms with van der Waals surface area (Å²) in [5.41, 5.74) is 2.16. The number of nitro groups is 1. The molecule has 12 heteroatoms. The molecule has 0 unspecified atom stereocenters. The molecule has 1 aromatic carbocycles. The average molecular weight is 477 g/mol. The summed E-state index contributed by atoms with van der Waals surface area (Å²) in [6.45, 7) is 3.66. The lowest BCUT2D eigenvalue weighted by atomic mass is 10.1. The summed E-state index contributed by atoms with van der Waals surface area (Å²) in [5, 5.41) is 25.1. The van der Waals surface area contributed by atoms with Crippen molar-refractivity contribution in [2.24, 2.45) is 7.05 Å². The molecule has 3 heterocycles. The first-order valence-corrected chi connectivity index (χ1v) is 10.7. The van der Waals surface area contributed by atoms with E-state index in [0.29, 0.717) is 22.7 Å². The molecule has 4 aromatic rings. The van der Waals surface area contributed by atoms with E-state index in [4.69, 9.17) is 4.42 Å². The number of aryl methyl sites for hydroxylation is 2. The first kappa shape index (κ1) is 23.4. The van der Waals surface area contributed by atoms with Crippen molar-refractivity contribution in [1.29, 1.82) is 0 Å². The van der Waals surface area contributed by atoms with Gasteiger partial charge in [-0.3, -0.25) is 29.1 Å². The Balaban J connectivity index is 1.49. The Kier molecular flexibility index (Phi) is 6.44. The largest absolute Gasteiger partial charge is 0.467 e. The van der Waals surface area contributed by atoms with E-state index < -0.39 is 16.7 Å². The van der Waals surface area contributed by atoms with Gasteiger partial charge in [0.1, 0.15) is 17.1 Å². The van der Waals surface area contributed by atoms with Crippen LogP contribution in [0.25, 0.3) is 0 Å². The molecule has 0 radical (unpaired) electrons. The minimum atomic E-state index is -0.461. The van der Waals surface area contributed by atoms with Crippen molar-refractivity contribution in [3.05, 3.63) is 92.9 Å². The SMILES string of the molecule is Cc1nn(Cc2cccc(C(=O)Nc3cn(C)nc3C(=O)NCc3ccco3)c2)c(C)c1[N+](=O)[O-]. The Morgan fingerprint density at radius 3 is 2.63 bits per heavy atom. The number of rotatable bonds is 8. The first-order chi connectivity index (χ1) is 16.7. The van der Waals surface area contributed by atoms with Gasteiger partial charge in [0.2, 0.25) is 0 Å². The molecule has 0 atom stereocenters. The minimum Gasteiger partial charge on any atom is -0.467 e. The Labute approximate surface area is 199 Å². The number of nitrogens with zero attached hydrogens (tertiary/aromatic N) is 5. The number of carbonyl (C=O) groups is 2. The van der Waals surface area contributed by atoms with Crippen LogP contribution in [0.15, 0.2) is 53.3 Å². The summed E-state index contributed by atoms with van der Waals surface area (Å²) < 4.78 is 8.18. The summed E-state index contributed by atoms with van der Waals surface area (Å²) in [6.07, 6.45) is 3.05. The van der Waals surface area contributed by atoms with Gasteiger partial charge in [0, 0.05) is 18.8 Å². The number of aromatic nitrogens is 4. The van der Waals surface area contributed by atoms with Crippen molar-refractivity contribution >= 4 is 23.2 Å². The number of carbonyl (C=O) groups excluding carboxylic acids is 2. The van der Waals surface area contributed by atoms with Crippen LogP contribution in [-0.2, 0) is 20.1 Å². The highest BCUT2D eigenvalue weighted by Crippen LogP contribution is 2.23. The van der Waals surface area contributed by atoms with Crippen LogP contribution in [-0.4, -0.2) is 36.3 Å². The van der Waals surface area contributed by atoms with Gasteiger partial charge >= 0.3 is 5.69 Å². The molecule has 0 aliphatic rings. The van der Waals surface area contributed by atoms with E-state index in [1.54, 1.807) is 63.5 Å². The van der Waals surface area contributed by atoms with Crippen LogP contribution >= 0.6 is 0 Å². The van der Waals surface area contributed by atoms with E-state index in [2.05, 4.69) is 20.8 Å². The van der Waals surface area contributed by atoms with E-state index >= 15 is 0 Å². The molecule has 0 spiro atoms. The van der Waals surface area contributed by atoms with Crippen molar-refractivity contribution in [1.82, 2.24) is 24.9 Å². The average Bonchev–Trinajstić information content (AvgIpc) is 3.52. The first-order valence-electron chi connectivity index (χ1n) is 10.7. The molecule has 12 nitrogen and oxygen atoms in total. The van der Waals surface area contributed by atoms with Crippen LogP contribution in [0.4, 0.5) is 11.4 Å². The Bertz CT molecular complexity index is 1400. The second kappa shape index (κ2) is 9.63. The van der Waals surface area contributed by atoms with Crippen molar-refractivity contribution in [3.8, 4) is 0 Å². The van der Waals surface area contributed by atoms with Crippen molar-refractivity contribution in [2.75, 3.05) is 5.32 Å². The molecule has 0 saturated heterocycles. The summed E-state index contributed by atoms with van der Waals surface area (Å²) in [6, 6.07) is 10.3. The Hall–Kier alpha value is -4.74. The van der Waals surface area contributed by atoms with Gasteiger partial charge in [0.25, 0.3) is 11.8 Å². The highest BCUT2D eigenvalue weighted by atomic mass is 16.6. The van der Waals surface area contributed by atoms with Crippen LogP contribution in [0.1, 0.15) is 43.6 Å². The molecule has 0 aliphatic carbocycles. The predicted octanol–water partition coefficient (Wildman–Crippen LogP) is 2.97. The zero-order chi connectivity index (χ0) is 25.1. The molecule has 4 rings (SSSR count). The zero-order valence-corrected chi connectivity index (χ0v) is 19.3. The molecule has 2 amide bonds. The normalized spacial score (nSPS) is 10.8. The number of nitrogens with one attached hydrogen (secondary N) is 2. The third-order valence-corrected chi connectivity index (χ3v) is 5.34. The van der Waals surface area contributed by atoms with Gasteiger partial charge in [-0.1, -0.05) is 12.1 Å². The minimum absolute atomic E-state index is 0.0201. The highest BCUT2D eigenvalue weighted by Gasteiger charge is 2.22. The quantitative estimate of drug-likeness (QED) is 0.292. The zero-order valence-electron chi connectivity index (χ0n) is 19.3. The lowest BCUT2D eigenvalue weighted by molar-refractivity contribution is -0.386. The molecular weight excluding hydrogens is 454 g/mol. The van der Waals surface area contributed by atoms with E-state index in [-0.39, 0.29) is 30.2 Å². The van der Waals surface area contributed by atoms with Crippen molar-refractivity contribution in [3.63, 3.8) is 0 Å². The number of hydrogen-bond acceptors (Lipinski definition) is 7. The molecular formula is C23H23N7O5. The molecule has 0 fully saturated rings. The maximum Gasteiger partial charge on any atom is 0.312 e. The second-order valence-corrected chi connectivity index (χ2v) is 7.92. The van der Waals surface area contributed by atoms with Crippen LogP contribution in [0, 0.1) is 24.0 Å². The van der Waals surface area contributed by atoms with Gasteiger partial charge < -0.3 is 15.1 Å². The number of anilines is 1. The fourth-order valence-corrected chi connectivity index (χ4v) is 3.70. The number of furan rings is 1. The fourth-order valence-electron chi connectivity index (χ4n) is 3.70. The number of benzene rings is 1. The van der Waals surface area contributed by atoms with E-state index in [1.807, 2.05) is 0 Å². The van der Waals surface area contributed by atoms with Crippen LogP contribution in [0.2, 0.25) is 0 Å². The van der Waals surface area contributed by atoms with E-state index in [9.17, 15) is 19.7 Å². The third-order valence-electron chi connectivity index (χ3n) is 5.34. The molecule has 0 bridgehead atoms. The molecule has 180 valence electrons. The lowest BCUT2D eigenvalue weighted by Gasteiger charge is -2.08. The Morgan fingerprint density at radius 2 is 1.94 bits per heavy atom. The van der Waals surface area contributed by atoms with Gasteiger partial charge in [0.15, 0.2) is 5.69 Å². The third kappa shape index (κ3) is 5.11. The molecule has 0 saturated carbocycles. The van der Waals surface area contributed by atoms with Gasteiger partial charge in [-0.25, -0.2) is 0 Å². The van der Waals surface area contributed by atoms with E-state index in [0.717, 1.165) is 5.56 Å². The lowest BCUT2D eigenvalue weighted by Crippen LogP contribution is -2.25. The highest BCUT2D eigenvalue weighted by molar-refractivity contribution is 6.08. The molecule has 0 aliphatic heterocycles. The van der Waals surface area contributed by atoms with Gasteiger partial charge in [-0.15, -0.1) is 0 Å². The second-order valence-electron chi connectivity index (χ2n) is 7.92. The fraction of sp³-hybridized carbons (Fsp3) is 0.217. The van der Waals surface area contributed by atoms with Crippen molar-refractivity contribution in [2.45, 2.75) is 26.9 Å². The summed E-state index contributed by atoms with van der Waals surface area (Å²) in [5.74, 6) is -0.305. The summed E-state index contributed by atoms with van der Waals surface area (Å²) in [7, 11) is 1.65. The van der Waals surface area contributed by atoms with Gasteiger partial charge in [0.05, 0.1) is 30.0 Å². The van der Waals surface area contributed by atoms with Crippen molar-refractivity contribution < 1.29 is 18.9 Å². The number of hydrogen-bond donors (Lipinski definition) is 2. The monoisotopic (exact) mass is 477 g/mol. The van der Waals surface area contributed by atoms with Crippen LogP contribution < -0.4 is 10.6 Å². The molecule has 35 heavy (non-hydrogen) atoms. The molecule has 2 N–H and O–H groups in total. The molecule has 3 aromatic heterocycles. The summed E-state index contributed by atoms with van der Waals surface area (Å²) >= 11 is 0. The Morgan fingerprint density at radius 1 is 1.14 bits per heavy atom. The summed E-state index contributed by atoms with van der Waals surface area (Å²) in [4.78, 5) is 36.4. The topological polar surface area (TPSA) is 150 Å². The standard InChI is InChI=1S/C23H23N7O5/c1-14-21(30(33)34)15(2)29(26-14)12-16-6-4-7-17(10-16)22(31)25-19-13-28(3)27-20(19)23(32)24-11-18-8-5-9-35-18/h4-10,13H,11-12H2,1-3H3,(H,24,32)(H,25,31). The van der Waals surface area contributed by atoms with Gasteiger partial charge in [-0.05, 0) is 43.7 Å². The maximum absolute atomic E-state index is 13.0. The maximum atomic E-state index is 13.0. The predicted molar refractivity (Wildman–Crippen MR) is 125 cm³/mol. The van der Waals surface area contributed by atoms with Gasteiger partial charge in [-0.2, -0.15) is 10.2 Å². The number of amides is 2. The van der Waals surface area contributed by atoms with Crippen LogP contribution in [0.5, 0.6) is 0 Å². The smallest absolute Gasteiger partial charge is 0.312 e.